The molecular formula is C17H23NO5. The zero-order chi connectivity index (χ0) is 17.2. The second kappa shape index (κ2) is 6.48. The Balaban J connectivity index is 2.21. The topological polar surface area (TPSA) is 76.1 Å². The summed E-state index contributed by atoms with van der Waals surface area (Å²) < 4.78 is 10.5. The summed E-state index contributed by atoms with van der Waals surface area (Å²) in [6.07, 6.45) is -0.478. The molecule has 0 unspecified atom stereocenters. The molecule has 23 heavy (non-hydrogen) atoms. The number of carbonyl (C=O) groups excluding carboxylic acids is 1. The van der Waals surface area contributed by atoms with Crippen molar-refractivity contribution in [2.45, 2.75) is 32.3 Å². The van der Waals surface area contributed by atoms with E-state index in [0.717, 1.165) is 5.56 Å². The first kappa shape index (κ1) is 17.1. The summed E-state index contributed by atoms with van der Waals surface area (Å²) in [5.41, 5.74) is 0.243. The number of rotatable bonds is 3. The normalized spacial score (nSPS) is 21.1. The molecule has 126 valence electrons. The summed E-state index contributed by atoms with van der Waals surface area (Å²) in [7, 11) is 1.56. The Morgan fingerprint density at radius 2 is 1.96 bits per heavy atom. The first-order chi connectivity index (χ1) is 10.7. The predicted molar refractivity (Wildman–Crippen MR) is 84.7 cm³/mol. The number of carboxylic acid groups (broad SMARTS) is 1. The monoisotopic (exact) mass is 321 g/mol. The minimum atomic E-state index is -0.913. The third kappa shape index (κ3) is 4.15. The summed E-state index contributed by atoms with van der Waals surface area (Å²) >= 11 is 0. The highest BCUT2D eigenvalue weighted by molar-refractivity contribution is 5.76. The van der Waals surface area contributed by atoms with Gasteiger partial charge in [-0.3, -0.25) is 4.79 Å². The summed E-state index contributed by atoms with van der Waals surface area (Å²) in [4.78, 5) is 25.3. The number of hydrogen-bond donors (Lipinski definition) is 1. The fourth-order valence-electron chi connectivity index (χ4n) is 2.74. The number of aliphatic carboxylic acids is 1. The van der Waals surface area contributed by atoms with Crippen molar-refractivity contribution in [1.29, 1.82) is 0 Å². The number of carbonyl (C=O) groups is 2. The number of likely N-dealkylation sites (tertiary alicyclic amines) is 1. The average molecular weight is 321 g/mol. The minimum Gasteiger partial charge on any atom is -0.497 e. The van der Waals surface area contributed by atoms with Crippen LogP contribution in [0.5, 0.6) is 5.75 Å². The van der Waals surface area contributed by atoms with E-state index < -0.39 is 23.6 Å². The summed E-state index contributed by atoms with van der Waals surface area (Å²) in [5.74, 6) is -1.18. The maximum absolute atomic E-state index is 12.2. The molecule has 1 fully saturated rings. The Labute approximate surface area is 136 Å². The van der Waals surface area contributed by atoms with Crippen LogP contribution < -0.4 is 4.74 Å². The van der Waals surface area contributed by atoms with Gasteiger partial charge in [-0.15, -0.1) is 0 Å². The third-order valence-corrected chi connectivity index (χ3v) is 3.81. The number of amides is 1. The molecular weight excluding hydrogens is 298 g/mol. The Hall–Kier alpha value is -2.24. The molecule has 2 rings (SSSR count). The SMILES string of the molecule is COc1cccc([C@H]2CN(C(=O)OC(C)(C)C)C[C@@H]2C(=O)O)c1. The molecule has 1 aliphatic rings. The van der Waals surface area contributed by atoms with Crippen molar-refractivity contribution in [2.24, 2.45) is 5.92 Å². The van der Waals surface area contributed by atoms with Crippen molar-refractivity contribution in [1.82, 2.24) is 4.90 Å². The zero-order valence-corrected chi connectivity index (χ0v) is 13.9. The molecule has 1 heterocycles. The number of ether oxygens (including phenoxy) is 2. The van der Waals surface area contributed by atoms with Crippen molar-refractivity contribution >= 4 is 12.1 Å². The van der Waals surface area contributed by atoms with Crippen LogP contribution in [0, 0.1) is 5.92 Å². The molecule has 0 bridgehead atoms. The van der Waals surface area contributed by atoms with E-state index in [0.29, 0.717) is 12.3 Å². The Morgan fingerprint density at radius 1 is 1.26 bits per heavy atom. The van der Waals surface area contributed by atoms with Crippen LogP contribution in [0.1, 0.15) is 32.3 Å². The number of benzene rings is 1. The lowest BCUT2D eigenvalue weighted by atomic mass is 9.89. The summed E-state index contributed by atoms with van der Waals surface area (Å²) in [6, 6.07) is 7.31. The maximum Gasteiger partial charge on any atom is 0.410 e. The number of carboxylic acids is 1. The van der Waals surface area contributed by atoms with Crippen LogP contribution in [-0.2, 0) is 9.53 Å². The Kier molecular flexibility index (Phi) is 4.82. The van der Waals surface area contributed by atoms with Gasteiger partial charge in [-0.2, -0.15) is 0 Å². The van der Waals surface area contributed by atoms with Gasteiger partial charge in [-0.1, -0.05) is 12.1 Å². The van der Waals surface area contributed by atoms with E-state index in [9.17, 15) is 14.7 Å². The quantitative estimate of drug-likeness (QED) is 0.926. The number of nitrogens with zero attached hydrogens (tertiary/aromatic N) is 1. The van der Waals surface area contributed by atoms with Crippen LogP contribution in [-0.4, -0.2) is 47.9 Å². The van der Waals surface area contributed by atoms with Crippen molar-refractivity contribution in [3.05, 3.63) is 29.8 Å². The zero-order valence-electron chi connectivity index (χ0n) is 13.9. The van der Waals surface area contributed by atoms with Crippen molar-refractivity contribution in [3.63, 3.8) is 0 Å². The predicted octanol–water partition coefficient (Wildman–Crippen LogP) is 2.73. The van der Waals surface area contributed by atoms with Gasteiger partial charge in [0.15, 0.2) is 0 Å². The highest BCUT2D eigenvalue weighted by atomic mass is 16.6. The van der Waals surface area contributed by atoms with Crippen LogP contribution >= 0.6 is 0 Å². The smallest absolute Gasteiger partial charge is 0.410 e. The summed E-state index contributed by atoms with van der Waals surface area (Å²) in [5, 5.41) is 9.49. The minimum absolute atomic E-state index is 0.145. The molecule has 0 saturated carbocycles. The molecule has 1 N–H and O–H groups in total. The molecule has 6 heteroatoms. The van der Waals surface area contributed by atoms with Gasteiger partial charge >= 0.3 is 12.1 Å². The third-order valence-electron chi connectivity index (χ3n) is 3.81. The lowest BCUT2D eigenvalue weighted by Crippen LogP contribution is -2.35. The second-order valence-corrected chi connectivity index (χ2v) is 6.71. The lowest BCUT2D eigenvalue weighted by Gasteiger charge is -2.24. The molecule has 1 aromatic carbocycles. The van der Waals surface area contributed by atoms with Crippen LogP contribution in [0.4, 0.5) is 4.79 Å². The Morgan fingerprint density at radius 3 is 2.52 bits per heavy atom. The van der Waals surface area contributed by atoms with E-state index in [1.54, 1.807) is 33.9 Å². The fourth-order valence-corrected chi connectivity index (χ4v) is 2.74. The molecule has 2 atom stereocenters. The number of hydrogen-bond acceptors (Lipinski definition) is 4. The molecule has 0 radical (unpaired) electrons. The van der Waals surface area contributed by atoms with Gasteiger partial charge in [0, 0.05) is 19.0 Å². The molecule has 1 aromatic rings. The molecule has 1 saturated heterocycles. The van der Waals surface area contributed by atoms with E-state index >= 15 is 0 Å². The second-order valence-electron chi connectivity index (χ2n) is 6.71. The molecule has 0 aromatic heterocycles. The van der Waals surface area contributed by atoms with Gasteiger partial charge < -0.3 is 19.5 Å². The summed E-state index contributed by atoms with van der Waals surface area (Å²) in [6.45, 7) is 5.82. The van der Waals surface area contributed by atoms with Gasteiger partial charge in [0.25, 0.3) is 0 Å². The molecule has 1 amide bonds. The van der Waals surface area contributed by atoms with Crippen molar-refractivity contribution in [3.8, 4) is 5.75 Å². The van der Waals surface area contributed by atoms with Crippen molar-refractivity contribution in [2.75, 3.05) is 20.2 Å². The maximum atomic E-state index is 12.2. The van der Waals surface area contributed by atoms with E-state index in [1.165, 1.54) is 4.90 Å². The first-order valence-electron chi connectivity index (χ1n) is 7.56. The highest BCUT2D eigenvalue weighted by Gasteiger charge is 2.41. The largest absolute Gasteiger partial charge is 0.497 e. The van der Waals surface area contributed by atoms with Gasteiger partial charge in [-0.25, -0.2) is 4.79 Å². The fraction of sp³-hybridized carbons (Fsp3) is 0.529. The lowest BCUT2D eigenvalue weighted by molar-refractivity contribution is -0.141. The van der Waals surface area contributed by atoms with E-state index in [-0.39, 0.29) is 12.5 Å². The Bertz CT molecular complexity index is 593. The standard InChI is InChI=1S/C17H23NO5/c1-17(2,3)23-16(21)18-9-13(14(10-18)15(19)20)11-6-5-7-12(8-11)22-4/h5-8,13-14H,9-10H2,1-4H3,(H,19,20)/t13-,14+/m1/s1. The van der Waals surface area contributed by atoms with Crippen LogP contribution in [0.15, 0.2) is 24.3 Å². The van der Waals surface area contributed by atoms with Gasteiger partial charge in [0.1, 0.15) is 11.4 Å². The van der Waals surface area contributed by atoms with Gasteiger partial charge in [0.05, 0.1) is 13.0 Å². The van der Waals surface area contributed by atoms with Crippen LogP contribution in [0.25, 0.3) is 0 Å². The molecule has 1 aliphatic heterocycles. The first-order valence-corrected chi connectivity index (χ1v) is 7.56. The van der Waals surface area contributed by atoms with E-state index in [2.05, 4.69) is 0 Å². The van der Waals surface area contributed by atoms with Crippen molar-refractivity contribution < 1.29 is 24.2 Å². The van der Waals surface area contributed by atoms with E-state index in [4.69, 9.17) is 9.47 Å². The highest BCUT2D eigenvalue weighted by Crippen LogP contribution is 2.35. The van der Waals surface area contributed by atoms with Gasteiger partial charge in [0.2, 0.25) is 0 Å². The van der Waals surface area contributed by atoms with Crippen LogP contribution in [0.2, 0.25) is 0 Å². The number of methoxy groups -OCH3 is 1. The average Bonchev–Trinajstić information content (AvgIpc) is 2.91. The van der Waals surface area contributed by atoms with Gasteiger partial charge in [-0.05, 0) is 38.5 Å². The molecule has 0 aliphatic carbocycles. The van der Waals surface area contributed by atoms with E-state index in [1.807, 2.05) is 18.2 Å². The molecule has 0 spiro atoms. The molecule has 6 nitrogen and oxygen atoms in total. The van der Waals surface area contributed by atoms with Crippen LogP contribution in [0.3, 0.4) is 0 Å².